The molecule has 0 amide bonds. The monoisotopic (exact) mass is 181 g/mol. The van der Waals surface area contributed by atoms with Crippen LogP contribution in [0.15, 0.2) is 35.2 Å². The van der Waals surface area contributed by atoms with Crippen LogP contribution in [0.3, 0.4) is 0 Å². The average molecular weight is 181 g/mol. The zero-order valence-corrected chi connectivity index (χ0v) is 6.60. The van der Waals surface area contributed by atoms with Crippen LogP contribution >= 0.6 is 0 Å². The van der Waals surface area contributed by atoms with Gasteiger partial charge in [-0.25, -0.2) is 0 Å². The lowest BCUT2D eigenvalue weighted by Crippen LogP contribution is -1.65. The van der Waals surface area contributed by atoms with Crippen LogP contribution < -0.4 is 0 Å². The van der Waals surface area contributed by atoms with Crippen molar-refractivity contribution in [1.29, 1.82) is 0 Å². The summed E-state index contributed by atoms with van der Waals surface area (Å²) in [5, 5.41) is 0. The van der Waals surface area contributed by atoms with E-state index < -0.39 is 6.68 Å². The van der Waals surface area contributed by atoms with E-state index in [0.29, 0.717) is 0 Å². The van der Waals surface area contributed by atoms with Crippen molar-refractivity contribution in [2.45, 2.75) is 11.6 Å². The first-order chi connectivity index (χ1) is 5.13. The highest BCUT2D eigenvalue weighted by molar-refractivity contribution is 7.58. The standard InChI is InChI=1S/C6H6S.CHF3/c7-6-4-2-1-3-5-6;2-1(3)4/h1-5,7H;1H/p+1. The Balaban J connectivity index is 0.000000218. The molecule has 0 N–H and O–H groups in total. The normalized spacial score (nSPS) is 8.82. The highest BCUT2D eigenvalue weighted by Crippen LogP contribution is 1.92. The lowest BCUT2D eigenvalue weighted by molar-refractivity contribution is 0.00819. The third-order valence-electron chi connectivity index (χ3n) is 0.774. The van der Waals surface area contributed by atoms with Crippen LogP contribution in [0, 0.1) is 0 Å². The molecule has 0 radical (unpaired) electrons. The Morgan fingerprint density at radius 3 is 1.55 bits per heavy atom. The maximum Gasteiger partial charge on any atom is 0.379 e. The fourth-order valence-electron chi connectivity index (χ4n) is 0.438. The van der Waals surface area contributed by atoms with E-state index in [2.05, 4.69) is 12.6 Å². The molecule has 1 aromatic rings. The van der Waals surface area contributed by atoms with Crippen LogP contribution in [0.4, 0.5) is 13.2 Å². The smallest absolute Gasteiger partial charge is 0.174 e. The van der Waals surface area contributed by atoms with Gasteiger partial charge in [-0.2, -0.15) is 13.2 Å². The summed E-state index contributed by atoms with van der Waals surface area (Å²) in [6.07, 6.45) is 0. The van der Waals surface area contributed by atoms with Gasteiger partial charge in [0.1, 0.15) is 4.90 Å². The molecule has 4 heteroatoms. The van der Waals surface area contributed by atoms with Crippen LogP contribution in [0.2, 0.25) is 0 Å². The molecule has 0 aliphatic heterocycles. The minimum atomic E-state index is -3.67. The lowest BCUT2D eigenvalue weighted by Gasteiger charge is -1.75. The van der Waals surface area contributed by atoms with Gasteiger partial charge in [-0.1, -0.05) is 18.2 Å². The van der Waals surface area contributed by atoms with Crippen LogP contribution in [0.5, 0.6) is 0 Å². The van der Waals surface area contributed by atoms with Gasteiger partial charge in [0.25, 0.3) is 0 Å². The van der Waals surface area contributed by atoms with E-state index in [-0.39, 0.29) is 0 Å². The Kier molecular flexibility index (Phi) is 5.74. The summed E-state index contributed by atoms with van der Waals surface area (Å²) in [5.41, 5.74) is 0. The molecular weight excluding hydrogens is 173 g/mol. The summed E-state index contributed by atoms with van der Waals surface area (Å²) in [6, 6.07) is 9.96. The molecule has 0 nitrogen and oxygen atoms in total. The molecule has 0 atom stereocenters. The third-order valence-corrected chi connectivity index (χ3v) is 1.11. The summed E-state index contributed by atoms with van der Waals surface area (Å²) in [5.74, 6) is 0. The summed E-state index contributed by atoms with van der Waals surface area (Å²) in [7, 11) is 0. The van der Waals surface area contributed by atoms with Crippen LogP contribution in [0.1, 0.15) is 0 Å². The van der Waals surface area contributed by atoms with Crippen LogP contribution in [0.25, 0.3) is 0 Å². The molecule has 0 bridgehead atoms. The highest BCUT2D eigenvalue weighted by Gasteiger charge is 1.86. The lowest BCUT2D eigenvalue weighted by atomic mass is 10.4. The minimum absolute atomic E-state index is 1.13. The Morgan fingerprint density at radius 1 is 1.00 bits per heavy atom. The van der Waals surface area contributed by atoms with Crippen molar-refractivity contribution in [3.63, 3.8) is 0 Å². The molecule has 0 saturated carbocycles. The molecule has 0 aromatic heterocycles. The molecule has 0 saturated heterocycles. The van der Waals surface area contributed by atoms with Gasteiger partial charge in [0, 0.05) is 0 Å². The van der Waals surface area contributed by atoms with E-state index in [1.54, 1.807) is 0 Å². The predicted molar refractivity (Wildman–Crippen MR) is 42.0 cm³/mol. The van der Waals surface area contributed by atoms with Gasteiger partial charge in [-0.15, -0.1) is 0 Å². The number of rotatable bonds is 0. The summed E-state index contributed by atoms with van der Waals surface area (Å²) < 4.78 is 29.0. The van der Waals surface area contributed by atoms with Gasteiger partial charge in [0.2, 0.25) is 0 Å². The minimum Gasteiger partial charge on any atom is -0.174 e. The first-order valence-electron chi connectivity index (χ1n) is 2.82. The molecule has 62 valence electrons. The van der Waals surface area contributed by atoms with E-state index in [4.69, 9.17) is 0 Å². The summed E-state index contributed by atoms with van der Waals surface area (Å²) >= 11 is 3.36. The summed E-state index contributed by atoms with van der Waals surface area (Å²) in [4.78, 5) is 1.13. The highest BCUT2D eigenvalue weighted by atomic mass is 32.1. The molecule has 11 heavy (non-hydrogen) atoms. The number of hydrogen-bond acceptors (Lipinski definition) is 0. The first-order valence-corrected chi connectivity index (χ1v) is 3.32. The molecule has 0 fully saturated rings. The van der Waals surface area contributed by atoms with Crippen molar-refractivity contribution in [3.05, 3.63) is 30.3 Å². The molecule has 0 aliphatic rings. The molecule has 0 heterocycles. The maximum atomic E-state index is 9.67. The Labute approximate surface area is 68.5 Å². The van der Waals surface area contributed by atoms with Gasteiger partial charge in [-0.05, 0) is 24.8 Å². The van der Waals surface area contributed by atoms with Crippen molar-refractivity contribution >= 4 is 12.6 Å². The van der Waals surface area contributed by atoms with Gasteiger partial charge in [0.15, 0.2) is 0 Å². The van der Waals surface area contributed by atoms with Crippen molar-refractivity contribution in [1.82, 2.24) is 0 Å². The zero-order chi connectivity index (χ0) is 8.69. The Bertz CT molecular complexity index is 174. The number of alkyl halides is 3. The number of benzene rings is 1. The molecule has 0 unspecified atom stereocenters. The van der Waals surface area contributed by atoms with E-state index in [9.17, 15) is 13.2 Å². The number of halogens is 3. The van der Waals surface area contributed by atoms with Crippen molar-refractivity contribution < 1.29 is 13.2 Å². The quantitative estimate of drug-likeness (QED) is 0.538. The second kappa shape index (κ2) is 6.09. The largest absolute Gasteiger partial charge is 0.379 e. The molecule has 0 spiro atoms. The van der Waals surface area contributed by atoms with Crippen LogP contribution in [-0.4, -0.2) is 6.68 Å². The Morgan fingerprint density at radius 2 is 1.36 bits per heavy atom. The van der Waals surface area contributed by atoms with Gasteiger partial charge >= 0.3 is 6.68 Å². The van der Waals surface area contributed by atoms with E-state index >= 15 is 0 Å². The molecule has 1 rings (SSSR count). The van der Waals surface area contributed by atoms with E-state index in [1.807, 2.05) is 30.3 Å². The van der Waals surface area contributed by atoms with Gasteiger partial charge in [-0.3, -0.25) is 0 Å². The molecule has 0 aliphatic carbocycles. The van der Waals surface area contributed by atoms with E-state index in [1.165, 1.54) is 0 Å². The van der Waals surface area contributed by atoms with Crippen molar-refractivity contribution in [2.75, 3.05) is 0 Å². The van der Waals surface area contributed by atoms with Crippen LogP contribution in [-0.2, 0) is 12.6 Å². The fourth-order valence-corrected chi connectivity index (χ4v) is 0.631. The second-order valence-electron chi connectivity index (χ2n) is 1.61. The maximum absolute atomic E-state index is 9.67. The van der Waals surface area contributed by atoms with E-state index in [0.717, 1.165) is 4.90 Å². The topological polar surface area (TPSA) is 0 Å². The SMILES string of the molecule is FC(F)F.[SH2+]c1ccccc1. The predicted octanol–water partition coefficient (Wildman–Crippen LogP) is 2.24. The van der Waals surface area contributed by atoms with Crippen molar-refractivity contribution in [3.8, 4) is 0 Å². The summed E-state index contributed by atoms with van der Waals surface area (Å²) in [6.45, 7) is -3.67. The first kappa shape index (κ1) is 10.4. The number of hydrogen-bond donors (Lipinski definition) is 0. The Hall–Kier alpha value is -0.640. The average Bonchev–Trinajstić information content (AvgIpc) is 1.87. The van der Waals surface area contributed by atoms with Crippen molar-refractivity contribution in [2.24, 2.45) is 0 Å². The molecule has 1 aromatic carbocycles. The molecular formula is C7H8F3S+. The fraction of sp³-hybridized carbons (Fsp3) is 0.143. The van der Waals surface area contributed by atoms with Gasteiger partial charge < -0.3 is 0 Å². The second-order valence-corrected chi connectivity index (χ2v) is 2.19. The third kappa shape index (κ3) is 9.36. The van der Waals surface area contributed by atoms with Gasteiger partial charge in [0.05, 0.1) is 0 Å². The zero-order valence-electron chi connectivity index (χ0n) is 5.60.